The summed E-state index contributed by atoms with van der Waals surface area (Å²) in [5.41, 5.74) is 0. The maximum atomic E-state index is 10.8. The third-order valence-electron chi connectivity index (χ3n) is 2.01. The van der Waals surface area contributed by atoms with Crippen LogP contribution in [0.5, 0.6) is 0 Å². The van der Waals surface area contributed by atoms with Crippen LogP contribution in [0.15, 0.2) is 0 Å². The van der Waals surface area contributed by atoms with Crippen LogP contribution in [0, 0.1) is 0 Å². The van der Waals surface area contributed by atoms with E-state index >= 15 is 0 Å². The molecule has 0 amide bonds. The molecule has 6 nitrogen and oxygen atoms in total. The van der Waals surface area contributed by atoms with Gasteiger partial charge in [-0.15, -0.1) is 0 Å². The van der Waals surface area contributed by atoms with Crippen molar-refractivity contribution in [3.05, 3.63) is 0 Å². The van der Waals surface area contributed by atoms with E-state index in [0.29, 0.717) is 0 Å². The Labute approximate surface area is 83.3 Å². The van der Waals surface area contributed by atoms with E-state index in [1.807, 2.05) is 0 Å². The molecule has 0 rings (SSSR count). The summed E-state index contributed by atoms with van der Waals surface area (Å²) >= 11 is 0. The zero-order valence-corrected chi connectivity index (χ0v) is 9.26. The lowest BCUT2D eigenvalue weighted by molar-refractivity contribution is 0.0788. The Hall–Kier alpha value is 0.0300. The SMILES string of the molecule is CC(CO)N(CP(=O)(O)O)C(C)CO. The minimum absolute atomic E-state index is 0.204. The van der Waals surface area contributed by atoms with E-state index in [1.54, 1.807) is 13.8 Å². The summed E-state index contributed by atoms with van der Waals surface area (Å²) in [6, 6.07) is -0.769. The molecule has 0 aromatic heterocycles. The van der Waals surface area contributed by atoms with Gasteiger partial charge in [-0.1, -0.05) is 0 Å². The molecule has 4 N–H and O–H groups in total. The van der Waals surface area contributed by atoms with Crippen LogP contribution in [-0.2, 0) is 4.57 Å². The van der Waals surface area contributed by atoms with Gasteiger partial charge in [0.15, 0.2) is 0 Å². The number of hydrogen-bond acceptors (Lipinski definition) is 4. The monoisotopic (exact) mass is 227 g/mol. The molecule has 0 radical (unpaired) electrons. The number of rotatable bonds is 6. The third kappa shape index (κ3) is 5.05. The molecule has 2 unspecified atom stereocenters. The largest absolute Gasteiger partial charge is 0.395 e. The maximum Gasteiger partial charge on any atom is 0.339 e. The first-order chi connectivity index (χ1) is 6.31. The van der Waals surface area contributed by atoms with Gasteiger partial charge in [-0.05, 0) is 13.8 Å². The number of nitrogens with zero attached hydrogens (tertiary/aromatic N) is 1. The van der Waals surface area contributed by atoms with Crippen molar-refractivity contribution < 1.29 is 24.6 Å². The summed E-state index contributed by atoms with van der Waals surface area (Å²) in [5, 5.41) is 17.7. The van der Waals surface area contributed by atoms with Gasteiger partial charge in [0.05, 0.1) is 13.2 Å². The van der Waals surface area contributed by atoms with E-state index in [2.05, 4.69) is 0 Å². The summed E-state index contributed by atoms with van der Waals surface area (Å²) in [7, 11) is -4.15. The predicted octanol–water partition coefficient (Wildman–Crippen LogP) is -0.815. The summed E-state index contributed by atoms with van der Waals surface area (Å²) in [4.78, 5) is 19.0. The highest BCUT2D eigenvalue weighted by Gasteiger charge is 2.26. The minimum Gasteiger partial charge on any atom is -0.395 e. The zero-order chi connectivity index (χ0) is 11.4. The molecule has 14 heavy (non-hydrogen) atoms. The quantitative estimate of drug-likeness (QED) is 0.442. The lowest BCUT2D eigenvalue weighted by atomic mass is 10.2. The Bertz CT molecular complexity index is 196. The van der Waals surface area contributed by atoms with Crippen molar-refractivity contribution in [2.45, 2.75) is 25.9 Å². The number of aliphatic hydroxyl groups is 2. The molecule has 86 valence electrons. The Kier molecular flexibility index (Phi) is 5.81. The first kappa shape index (κ1) is 14.0. The van der Waals surface area contributed by atoms with Crippen LogP contribution >= 0.6 is 7.60 Å². The van der Waals surface area contributed by atoms with Gasteiger partial charge in [0.1, 0.15) is 6.29 Å². The molecule has 0 heterocycles. The maximum absolute atomic E-state index is 10.8. The highest BCUT2D eigenvalue weighted by molar-refractivity contribution is 7.51. The second-order valence-corrected chi connectivity index (χ2v) is 5.00. The Morgan fingerprint density at radius 3 is 1.71 bits per heavy atom. The average Bonchev–Trinajstić information content (AvgIpc) is 2.10. The minimum atomic E-state index is -4.15. The van der Waals surface area contributed by atoms with E-state index in [4.69, 9.17) is 20.0 Å². The van der Waals surface area contributed by atoms with Crippen LogP contribution < -0.4 is 0 Å². The highest BCUT2D eigenvalue weighted by atomic mass is 31.2. The van der Waals surface area contributed by atoms with Gasteiger partial charge < -0.3 is 20.0 Å². The second-order valence-electron chi connectivity index (χ2n) is 3.38. The van der Waals surface area contributed by atoms with Gasteiger partial charge in [-0.2, -0.15) is 0 Å². The summed E-state index contributed by atoms with van der Waals surface area (Å²) < 4.78 is 10.8. The Morgan fingerprint density at radius 2 is 1.50 bits per heavy atom. The summed E-state index contributed by atoms with van der Waals surface area (Å²) in [6.45, 7) is 2.87. The fraction of sp³-hybridized carbons (Fsp3) is 1.00. The number of hydrogen-bond donors (Lipinski definition) is 4. The second kappa shape index (κ2) is 5.80. The molecule has 0 spiro atoms. The van der Waals surface area contributed by atoms with Crippen LogP contribution in [0.2, 0.25) is 0 Å². The number of aliphatic hydroxyl groups excluding tert-OH is 2. The average molecular weight is 227 g/mol. The van der Waals surface area contributed by atoms with Crippen LogP contribution in [0.4, 0.5) is 0 Å². The standard InChI is InChI=1S/C7H18NO5P/c1-6(3-9)8(7(2)4-10)5-14(11,12)13/h6-7,9-10H,3-5H2,1-2H3,(H2,11,12,13). The molecule has 0 aliphatic heterocycles. The third-order valence-corrected chi connectivity index (χ3v) is 2.70. The lowest BCUT2D eigenvalue weighted by Gasteiger charge is -2.32. The Morgan fingerprint density at radius 1 is 1.14 bits per heavy atom. The molecule has 2 atom stereocenters. The molecule has 0 aromatic carbocycles. The molecule has 0 fully saturated rings. The van der Waals surface area contributed by atoms with Gasteiger partial charge >= 0.3 is 7.60 Å². The predicted molar refractivity (Wildman–Crippen MR) is 51.8 cm³/mol. The normalized spacial score (nSPS) is 17.1. The molecule has 0 aromatic rings. The molecule has 0 aliphatic rings. The van der Waals surface area contributed by atoms with Crippen molar-refractivity contribution >= 4 is 7.60 Å². The highest BCUT2D eigenvalue weighted by Crippen LogP contribution is 2.36. The zero-order valence-electron chi connectivity index (χ0n) is 8.37. The van der Waals surface area contributed by atoms with Gasteiger partial charge in [-0.3, -0.25) is 9.46 Å². The van der Waals surface area contributed by atoms with Crippen molar-refractivity contribution in [2.24, 2.45) is 0 Å². The first-order valence-corrected chi connectivity index (χ1v) is 6.13. The van der Waals surface area contributed by atoms with E-state index in [1.165, 1.54) is 4.90 Å². The van der Waals surface area contributed by atoms with Crippen molar-refractivity contribution in [3.8, 4) is 0 Å². The lowest BCUT2D eigenvalue weighted by Crippen LogP contribution is -2.44. The topological polar surface area (TPSA) is 101 Å². The van der Waals surface area contributed by atoms with Gasteiger partial charge in [-0.25, -0.2) is 0 Å². The summed E-state index contributed by atoms with van der Waals surface area (Å²) in [6.07, 6.45) is -0.448. The summed E-state index contributed by atoms with van der Waals surface area (Å²) in [5.74, 6) is 0. The fourth-order valence-electron chi connectivity index (χ4n) is 1.14. The Balaban J connectivity index is 4.48. The van der Waals surface area contributed by atoms with Crippen molar-refractivity contribution in [1.82, 2.24) is 4.90 Å². The van der Waals surface area contributed by atoms with Crippen LogP contribution in [0.3, 0.4) is 0 Å². The van der Waals surface area contributed by atoms with Crippen LogP contribution in [0.25, 0.3) is 0 Å². The fourth-order valence-corrected chi connectivity index (χ4v) is 2.12. The van der Waals surface area contributed by atoms with Gasteiger partial charge in [0, 0.05) is 12.1 Å². The van der Waals surface area contributed by atoms with Crippen molar-refractivity contribution in [3.63, 3.8) is 0 Å². The molecule has 0 saturated heterocycles. The van der Waals surface area contributed by atoms with E-state index in [9.17, 15) is 4.57 Å². The van der Waals surface area contributed by atoms with Crippen molar-refractivity contribution in [2.75, 3.05) is 19.5 Å². The molecular formula is C7H18NO5P. The molecule has 0 aliphatic carbocycles. The van der Waals surface area contributed by atoms with Gasteiger partial charge in [0.2, 0.25) is 0 Å². The van der Waals surface area contributed by atoms with Crippen LogP contribution in [0.1, 0.15) is 13.8 Å². The van der Waals surface area contributed by atoms with Crippen molar-refractivity contribution in [1.29, 1.82) is 0 Å². The van der Waals surface area contributed by atoms with E-state index in [-0.39, 0.29) is 25.3 Å². The van der Waals surface area contributed by atoms with Crippen LogP contribution in [-0.4, -0.2) is 56.5 Å². The molecular weight excluding hydrogens is 209 g/mol. The molecule has 0 saturated carbocycles. The smallest absolute Gasteiger partial charge is 0.339 e. The molecule has 0 bridgehead atoms. The van der Waals surface area contributed by atoms with Gasteiger partial charge in [0.25, 0.3) is 0 Å². The van der Waals surface area contributed by atoms with E-state index in [0.717, 1.165) is 0 Å². The first-order valence-electron chi connectivity index (χ1n) is 4.34. The molecule has 7 heteroatoms. The van der Waals surface area contributed by atoms with E-state index < -0.39 is 13.9 Å².